The van der Waals surface area contributed by atoms with Crippen LogP contribution in [0.15, 0.2) is 0 Å². The maximum atomic E-state index is 8.29. The Labute approximate surface area is 37.1 Å². The molecule has 4 heteroatoms. The summed E-state index contributed by atoms with van der Waals surface area (Å²) in [7, 11) is 0. The van der Waals surface area contributed by atoms with E-state index in [-0.39, 0.29) is 16.5 Å². The van der Waals surface area contributed by atoms with E-state index in [4.69, 9.17) is 8.42 Å². The molecule has 0 unspecified atom stereocenters. The largest absolute Gasteiger partial charge is 0.335 e. The van der Waals surface area contributed by atoms with Gasteiger partial charge in [-0.25, -0.2) is 0 Å². The Morgan fingerprint density at radius 3 is 1.25 bits per heavy atom. The van der Waals surface area contributed by atoms with Crippen LogP contribution in [-0.2, 0) is 28.1 Å². The Bertz CT molecular complexity index is 27.0. The monoisotopic (exact) mass is 122 g/mol. The second-order valence-corrected chi connectivity index (χ2v) is 0.204. The van der Waals surface area contributed by atoms with Gasteiger partial charge in [-0.2, -0.15) is 8.42 Å². The SMILES string of the molecule is O=S=O.[Ni]. The average Bonchev–Trinajstić information content (AvgIpc) is 0.918. The fourth-order valence-corrected chi connectivity index (χ4v) is 0. The van der Waals surface area contributed by atoms with Crippen molar-refractivity contribution in [2.75, 3.05) is 0 Å². The van der Waals surface area contributed by atoms with Crippen molar-refractivity contribution >= 4 is 11.6 Å². The van der Waals surface area contributed by atoms with Gasteiger partial charge in [0.15, 0.2) is 0 Å². The molecule has 0 atom stereocenters. The molecule has 0 saturated heterocycles. The van der Waals surface area contributed by atoms with Crippen molar-refractivity contribution < 1.29 is 24.9 Å². The summed E-state index contributed by atoms with van der Waals surface area (Å²) in [5.74, 6) is 0. The van der Waals surface area contributed by atoms with Crippen molar-refractivity contribution in [2.45, 2.75) is 0 Å². The molecule has 4 heavy (non-hydrogen) atoms. The molecule has 0 aromatic carbocycles. The van der Waals surface area contributed by atoms with Crippen LogP contribution in [0.4, 0.5) is 0 Å². The zero-order valence-corrected chi connectivity index (χ0v) is 3.35. The maximum Gasteiger partial charge on any atom is 0.335 e. The first-order valence-corrected chi connectivity index (χ1v) is 1.00. The molecule has 0 bridgehead atoms. The van der Waals surface area contributed by atoms with E-state index in [1.165, 1.54) is 0 Å². The molecule has 0 rings (SSSR count). The van der Waals surface area contributed by atoms with Crippen LogP contribution in [-0.4, -0.2) is 8.42 Å². The Morgan fingerprint density at radius 1 is 1.25 bits per heavy atom. The molecule has 0 aliphatic heterocycles. The predicted molar refractivity (Wildman–Crippen MR) is 8.92 cm³/mol. The number of hydrogen-bond acceptors (Lipinski definition) is 2. The van der Waals surface area contributed by atoms with Crippen LogP contribution in [0.5, 0.6) is 0 Å². The molecule has 0 aliphatic carbocycles. The molecular weight excluding hydrogens is 123 g/mol. The Balaban J connectivity index is 0. The molecule has 0 saturated carbocycles. The molecule has 28 valence electrons. The van der Waals surface area contributed by atoms with Gasteiger partial charge in [0.05, 0.1) is 0 Å². The van der Waals surface area contributed by atoms with E-state index in [1.54, 1.807) is 0 Å². The van der Waals surface area contributed by atoms with Gasteiger partial charge >= 0.3 is 11.6 Å². The van der Waals surface area contributed by atoms with Gasteiger partial charge in [-0.3, -0.25) is 0 Å². The molecule has 0 spiro atoms. The van der Waals surface area contributed by atoms with Crippen LogP contribution in [0.1, 0.15) is 0 Å². The Hall–Kier alpha value is 0.314. The van der Waals surface area contributed by atoms with Gasteiger partial charge < -0.3 is 0 Å². The Morgan fingerprint density at radius 2 is 1.25 bits per heavy atom. The van der Waals surface area contributed by atoms with Gasteiger partial charge in [-0.05, 0) is 0 Å². The van der Waals surface area contributed by atoms with Crippen molar-refractivity contribution in [3.8, 4) is 0 Å². The zero-order valence-electron chi connectivity index (χ0n) is 1.54. The summed E-state index contributed by atoms with van der Waals surface area (Å²) in [4.78, 5) is 0. The van der Waals surface area contributed by atoms with Gasteiger partial charge in [0.25, 0.3) is 0 Å². The minimum absolute atomic E-state index is 0. The fourth-order valence-electron chi connectivity index (χ4n) is 0. The normalized spacial score (nSPS) is 3.00. The van der Waals surface area contributed by atoms with Crippen molar-refractivity contribution in [3.05, 3.63) is 0 Å². The summed E-state index contributed by atoms with van der Waals surface area (Å²) in [6.45, 7) is 0. The van der Waals surface area contributed by atoms with Crippen LogP contribution in [0.25, 0.3) is 0 Å². The zero-order chi connectivity index (χ0) is 2.71. The molecule has 0 heterocycles. The maximum absolute atomic E-state index is 8.29. The molecule has 0 aromatic heterocycles. The van der Waals surface area contributed by atoms with E-state index in [1.807, 2.05) is 0 Å². The van der Waals surface area contributed by atoms with Gasteiger partial charge in [0.2, 0.25) is 0 Å². The van der Waals surface area contributed by atoms with Crippen molar-refractivity contribution in [1.82, 2.24) is 0 Å². The molecular formula is NiO2S. The molecule has 0 radical (unpaired) electrons. The van der Waals surface area contributed by atoms with Crippen LogP contribution >= 0.6 is 0 Å². The van der Waals surface area contributed by atoms with Gasteiger partial charge in [-0.15, -0.1) is 0 Å². The van der Waals surface area contributed by atoms with Crippen LogP contribution in [0, 0.1) is 0 Å². The fraction of sp³-hybridized carbons (Fsp3) is 0. The van der Waals surface area contributed by atoms with E-state index in [0.29, 0.717) is 0 Å². The Kier molecular flexibility index (Phi) is 22.7. The summed E-state index contributed by atoms with van der Waals surface area (Å²) in [5, 5.41) is 0. The molecule has 0 N–H and O–H groups in total. The summed E-state index contributed by atoms with van der Waals surface area (Å²) in [6, 6.07) is 0. The number of rotatable bonds is 0. The third-order valence-electron chi connectivity index (χ3n) is 0. The summed E-state index contributed by atoms with van der Waals surface area (Å²) in [6.07, 6.45) is 0. The van der Waals surface area contributed by atoms with Crippen LogP contribution < -0.4 is 0 Å². The van der Waals surface area contributed by atoms with E-state index >= 15 is 0 Å². The quantitative estimate of drug-likeness (QED) is 0.400. The van der Waals surface area contributed by atoms with Crippen molar-refractivity contribution in [1.29, 1.82) is 0 Å². The standard InChI is InChI=1S/Ni.O2S/c;1-3-2. The van der Waals surface area contributed by atoms with Crippen molar-refractivity contribution in [3.63, 3.8) is 0 Å². The van der Waals surface area contributed by atoms with Crippen LogP contribution in [0.2, 0.25) is 0 Å². The minimum atomic E-state index is -0.750. The third kappa shape index (κ3) is 40.6. The van der Waals surface area contributed by atoms with E-state index in [2.05, 4.69) is 0 Å². The topological polar surface area (TPSA) is 34.1 Å². The number of hydrogen-bond donors (Lipinski definition) is 0. The minimum Gasteiger partial charge on any atom is -0.168 e. The second kappa shape index (κ2) is 10.3. The second-order valence-electron chi connectivity index (χ2n) is 0.0680. The van der Waals surface area contributed by atoms with Crippen LogP contribution in [0.3, 0.4) is 0 Å². The van der Waals surface area contributed by atoms with Crippen molar-refractivity contribution in [2.24, 2.45) is 0 Å². The summed E-state index contributed by atoms with van der Waals surface area (Å²) >= 11 is -0.750. The molecule has 0 fully saturated rings. The van der Waals surface area contributed by atoms with E-state index in [0.717, 1.165) is 0 Å². The third-order valence-corrected chi connectivity index (χ3v) is 0. The molecule has 0 aliphatic rings. The smallest absolute Gasteiger partial charge is 0.168 e. The van der Waals surface area contributed by atoms with Gasteiger partial charge in [0, 0.05) is 16.5 Å². The van der Waals surface area contributed by atoms with Gasteiger partial charge in [-0.1, -0.05) is 0 Å². The molecule has 0 amide bonds. The average molecular weight is 123 g/mol. The van der Waals surface area contributed by atoms with E-state index < -0.39 is 11.6 Å². The summed E-state index contributed by atoms with van der Waals surface area (Å²) in [5.41, 5.74) is 0. The van der Waals surface area contributed by atoms with E-state index in [9.17, 15) is 0 Å². The summed E-state index contributed by atoms with van der Waals surface area (Å²) < 4.78 is 16.6. The first-order valence-electron chi connectivity index (χ1n) is 0.333. The predicted octanol–water partition coefficient (Wildman–Crippen LogP) is -0.673. The van der Waals surface area contributed by atoms with Gasteiger partial charge in [0.1, 0.15) is 0 Å². The first kappa shape index (κ1) is 8.85. The first-order chi connectivity index (χ1) is 1.41. The molecule has 2 nitrogen and oxygen atoms in total. The molecule has 0 aromatic rings.